The Hall–Kier alpha value is -1.97. The molecule has 0 saturated carbocycles. The average Bonchev–Trinajstić information content (AvgIpc) is 2.18. The third kappa shape index (κ3) is 4.17. The largest absolute Gasteiger partial charge is 0.465 e. The van der Waals surface area contributed by atoms with Gasteiger partial charge in [0, 0.05) is 11.8 Å². The molecule has 0 spiro atoms. The van der Waals surface area contributed by atoms with Gasteiger partial charge in [-0.3, -0.25) is 0 Å². The zero-order valence-corrected chi connectivity index (χ0v) is 8.47. The molecule has 0 radical (unpaired) electrons. The number of nitrogen functional groups attached to an aromatic ring is 1. The summed E-state index contributed by atoms with van der Waals surface area (Å²) < 4.78 is 9.82. The molecule has 0 saturated heterocycles. The van der Waals surface area contributed by atoms with E-state index in [4.69, 9.17) is 10.5 Å². The number of hydrogen-bond donors (Lipinski definition) is 1. The molecule has 4 heteroatoms. The number of carbonyl (C=O) groups excluding carboxylic acids is 1. The predicted molar refractivity (Wildman–Crippen MR) is 57.3 cm³/mol. The summed E-state index contributed by atoms with van der Waals surface area (Å²) in [6.45, 7) is 2.09. The normalized spacial score (nSPS) is 10.2. The van der Waals surface area contributed by atoms with Crippen LogP contribution in [0.4, 0.5) is 5.69 Å². The standard InChI is InChI=1S/C11H13NO3/c1-2-14-11(13)6-7-15-10-5-3-4-9(12)8-10/h3-8H,2,12H2,1H3/b7-6+. The maximum Gasteiger partial charge on any atom is 0.333 e. The Morgan fingerprint density at radius 3 is 3.00 bits per heavy atom. The molecule has 1 aromatic rings. The summed E-state index contributed by atoms with van der Waals surface area (Å²) in [4.78, 5) is 10.9. The number of anilines is 1. The molecule has 0 aliphatic carbocycles. The highest BCUT2D eigenvalue weighted by Crippen LogP contribution is 2.14. The number of nitrogens with two attached hydrogens (primary N) is 1. The van der Waals surface area contributed by atoms with Crippen LogP contribution in [0.25, 0.3) is 0 Å². The van der Waals surface area contributed by atoms with Gasteiger partial charge in [-0.15, -0.1) is 0 Å². The van der Waals surface area contributed by atoms with E-state index in [0.29, 0.717) is 18.0 Å². The van der Waals surface area contributed by atoms with Crippen molar-refractivity contribution in [2.75, 3.05) is 12.3 Å². The fourth-order valence-corrected chi connectivity index (χ4v) is 0.946. The van der Waals surface area contributed by atoms with Gasteiger partial charge < -0.3 is 15.2 Å². The van der Waals surface area contributed by atoms with Crippen LogP contribution in [0.15, 0.2) is 36.6 Å². The van der Waals surface area contributed by atoms with Crippen LogP contribution in [-0.2, 0) is 9.53 Å². The highest BCUT2D eigenvalue weighted by molar-refractivity contribution is 5.81. The topological polar surface area (TPSA) is 61.5 Å². The summed E-state index contributed by atoms with van der Waals surface area (Å²) >= 11 is 0. The Labute approximate surface area is 88.3 Å². The molecule has 0 fully saturated rings. The summed E-state index contributed by atoms with van der Waals surface area (Å²) in [5.41, 5.74) is 6.15. The van der Waals surface area contributed by atoms with Crippen molar-refractivity contribution in [2.45, 2.75) is 6.92 Å². The highest BCUT2D eigenvalue weighted by Gasteiger charge is 1.94. The summed E-state index contributed by atoms with van der Waals surface area (Å²) in [5.74, 6) is 0.150. The minimum absolute atomic E-state index is 0.349. The van der Waals surface area contributed by atoms with E-state index in [1.165, 1.54) is 12.3 Å². The van der Waals surface area contributed by atoms with Crippen molar-refractivity contribution in [3.63, 3.8) is 0 Å². The van der Waals surface area contributed by atoms with Crippen LogP contribution in [0.3, 0.4) is 0 Å². The lowest BCUT2D eigenvalue weighted by molar-refractivity contribution is -0.137. The summed E-state index contributed by atoms with van der Waals surface area (Å²) in [6, 6.07) is 6.92. The van der Waals surface area contributed by atoms with E-state index in [1.54, 1.807) is 31.2 Å². The molecule has 15 heavy (non-hydrogen) atoms. The van der Waals surface area contributed by atoms with Crippen molar-refractivity contribution in [1.29, 1.82) is 0 Å². The smallest absolute Gasteiger partial charge is 0.333 e. The lowest BCUT2D eigenvalue weighted by Gasteiger charge is -2.00. The van der Waals surface area contributed by atoms with Gasteiger partial charge in [-0.25, -0.2) is 4.79 Å². The fraction of sp³-hybridized carbons (Fsp3) is 0.182. The van der Waals surface area contributed by atoms with Gasteiger partial charge in [0.15, 0.2) is 0 Å². The number of esters is 1. The van der Waals surface area contributed by atoms with Gasteiger partial charge in [-0.2, -0.15) is 0 Å². The third-order valence-corrected chi connectivity index (χ3v) is 1.55. The zero-order valence-electron chi connectivity index (χ0n) is 8.47. The van der Waals surface area contributed by atoms with E-state index in [1.807, 2.05) is 0 Å². The molecule has 0 bridgehead atoms. The Kier molecular flexibility index (Phi) is 4.22. The first-order valence-electron chi connectivity index (χ1n) is 4.58. The molecule has 0 aliphatic heterocycles. The van der Waals surface area contributed by atoms with Gasteiger partial charge in [-0.05, 0) is 19.1 Å². The Balaban J connectivity index is 2.46. The third-order valence-electron chi connectivity index (χ3n) is 1.55. The molecule has 0 atom stereocenters. The van der Waals surface area contributed by atoms with Crippen LogP contribution in [0.1, 0.15) is 6.92 Å². The van der Waals surface area contributed by atoms with E-state index >= 15 is 0 Å². The molecule has 0 unspecified atom stereocenters. The van der Waals surface area contributed by atoms with Gasteiger partial charge in [0.25, 0.3) is 0 Å². The Bertz CT molecular complexity index is 361. The maximum atomic E-state index is 10.9. The number of rotatable bonds is 4. The van der Waals surface area contributed by atoms with Gasteiger partial charge >= 0.3 is 5.97 Å². The van der Waals surface area contributed by atoms with E-state index in [0.717, 1.165) is 0 Å². The Morgan fingerprint density at radius 1 is 1.53 bits per heavy atom. The molecule has 2 N–H and O–H groups in total. The number of ether oxygens (including phenoxy) is 2. The van der Waals surface area contributed by atoms with Crippen LogP contribution >= 0.6 is 0 Å². The second kappa shape index (κ2) is 5.70. The first-order chi connectivity index (χ1) is 7.22. The first kappa shape index (κ1) is 11.1. The molecule has 0 aromatic heterocycles. The van der Waals surface area contributed by atoms with Crippen molar-refractivity contribution in [3.8, 4) is 5.75 Å². The number of benzene rings is 1. The zero-order chi connectivity index (χ0) is 11.1. The highest BCUT2D eigenvalue weighted by atomic mass is 16.5. The van der Waals surface area contributed by atoms with Crippen LogP contribution in [0.2, 0.25) is 0 Å². The second-order valence-electron chi connectivity index (χ2n) is 2.75. The van der Waals surface area contributed by atoms with Crippen molar-refractivity contribution in [1.82, 2.24) is 0 Å². The monoisotopic (exact) mass is 207 g/mol. The average molecular weight is 207 g/mol. The molecular weight excluding hydrogens is 194 g/mol. The number of hydrogen-bond acceptors (Lipinski definition) is 4. The fourth-order valence-electron chi connectivity index (χ4n) is 0.946. The summed E-state index contributed by atoms with van der Waals surface area (Å²) in [6.07, 6.45) is 2.49. The minimum atomic E-state index is -0.429. The number of carbonyl (C=O) groups is 1. The van der Waals surface area contributed by atoms with E-state index < -0.39 is 5.97 Å². The molecule has 4 nitrogen and oxygen atoms in total. The molecule has 1 aromatic carbocycles. The molecule has 80 valence electrons. The van der Waals surface area contributed by atoms with Gasteiger partial charge in [0.1, 0.15) is 5.75 Å². The molecule has 0 aliphatic rings. The quantitative estimate of drug-likeness (QED) is 0.353. The predicted octanol–water partition coefficient (Wildman–Crippen LogP) is 1.72. The van der Waals surface area contributed by atoms with Crippen molar-refractivity contribution in [2.24, 2.45) is 0 Å². The lowest BCUT2D eigenvalue weighted by atomic mass is 10.3. The molecule has 1 rings (SSSR count). The van der Waals surface area contributed by atoms with Gasteiger partial charge in [0.2, 0.25) is 0 Å². The van der Waals surface area contributed by atoms with Crippen molar-refractivity contribution < 1.29 is 14.3 Å². The van der Waals surface area contributed by atoms with Crippen LogP contribution in [0, 0.1) is 0 Å². The van der Waals surface area contributed by atoms with E-state index in [9.17, 15) is 4.79 Å². The lowest BCUT2D eigenvalue weighted by Crippen LogP contribution is -1.99. The second-order valence-corrected chi connectivity index (χ2v) is 2.75. The van der Waals surface area contributed by atoms with Crippen LogP contribution in [-0.4, -0.2) is 12.6 Å². The van der Waals surface area contributed by atoms with Crippen LogP contribution in [0.5, 0.6) is 5.75 Å². The maximum absolute atomic E-state index is 10.9. The van der Waals surface area contributed by atoms with Crippen LogP contribution < -0.4 is 10.5 Å². The summed E-state index contributed by atoms with van der Waals surface area (Å²) in [5, 5.41) is 0. The molecular formula is C11H13NO3. The van der Waals surface area contributed by atoms with E-state index in [2.05, 4.69) is 4.74 Å². The SMILES string of the molecule is CCOC(=O)/C=C/Oc1cccc(N)c1. The van der Waals surface area contributed by atoms with Gasteiger partial charge in [0.05, 0.1) is 18.9 Å². The molecule has 0 amide bonds. The minimum Gasteiger partial charge on any atom is -0.465 e. The van der Waals surface area contributed by atoms with E-state index in [-0.39, 0.29) is 0 Å². The summed E-state index contributed by atoms with van der Waals surface area (Å²) in [7, 11) is 0. The van der Waals surface area contributed by atoms with Crippen molar-refractivity contribution >= 4 is 11.7 Å². The van der Waals surface area contributed by atoms with Gasteiger partial charge in [-0.1, -0.05) is 6.07 Å². The first-order valence-corrected chi connectivity index (χ1v) is 4.58. The van der Waals surface area contributed by atoms with Crippen molar-refractivity contribution in [3.05, 3.63) is 36.6 Å². The molecule has 0 heterocycles. The Morgan fingerprint density at radius 2 is 2.33 bits per heavy atom.